The lowest BCUT2D eigenvalue weighted by Gasteiger charge is -2.20. The van der Waals surface area contributed by atoms with Crippen molar-refractivity contribution in [2.75, 3.05) is 11.9 Å². The molecule has 0 radical (unpaired) electrons. The number of rotatable bonds is 7. The molecule has 0 saturated heterocycles. The SMILES string of the molecule is CCOC(=O)c1c(NC(=O)CCC2CCCC2)sc2c1CCC(CC)C2. The topological polar surface area (TPSA) is 55.4 Å². The second-order valence-electron chi connectivity index (χ2n) is 7.68. The Morgan fingerprint density at radius 2 is 1.92 bits per heavy atom. The van der Waals surface area contributed by atoms with Crippen LogP contribution in [0.2, 0.25) is 0 Å². The highest BCUT2D eigenvalue weighted by Crippen LogP contribution is 2.41. The number of carbonyl (C=O) groups is 2. The van der Waals surface area contributed by atoms with Crippen molar-refractivity contribution < 1.29 is 14.3 Å². The zero-order valence-electron chi connectivity index (χ0n) is 16.1. The lowest BCUT2D eigenvalue weighted by Crippen LogP contribution is -2.17. The molecule has 0 aliphatic heterocycles. The number of amides is 1. The number of nitrogens with one attached hydrogen (secondary N) is 1. The molecule has 2 aliphatic rings. The van der Waals surface area contributed by atoms with Crippen LogP contribution >= 0.6 is 11.3 Å². The number of ether oxygens (including phenoxy) is 1. The molecule has 1 heterocycles. The number of hydrogen-bond acceptors (Lipinski definition) is 4. The van der Waals surface area contributed by atoms with E-state index >= 15 is 0 Å². The Labute approximate surface area is 160 Å². The number of thiophene rings is 1. The van der Waals surface area contributed by atoms with Gasteiger partial charge in [-0.25, -0.2) is 4.79 Å². The van der Waals surface area contributed by atoms with Gasteiger partial charge in [-0.1, -0.05) is 39.0 Å². The Balaban J connectivity index is 1.73. The van der Waals surface area contributed by atoms with Crippen LogP contribution in [0.3, 0.4) is 0 Å². The first kappa shape index (κ1) is 19.4. The molecular weight excluding hydrogens is 346 g/mol. The largest absolute Gasteiger partial charge is 0.462 e. The highest BCUT2D eigenvalue weighted by Gasteiger charge is 2.30. The number of esters is 1. The van der Waals surface area contributed by atoms with Gasteiger partial charge in [-0.05, 0) is 50.0 Å². The summed E-state index contributed by atoms with van der Waals surface area (Å²) in [5.74, 6) is 1.13. The van der Waals surface area contributed by atoms with Crippen molar-refractivity contribution >= 4 is 28.2 Å². The van der Waals surface area contributed by atoms with Crippen molar-refractivity contribution in [3.63, 3.8) is 0 Å². The van der Waals surface area contributed by atoms with E-state index < -0.39 is 0 Å². The van der Waals surface area contributed by atoms with Crippen LogP contribution in [0.15, 0.2) is 0 Å². The number of fused-ring (bicyclic) bond motifs is 1. The molecule has 1 atom stereocenters. The smallest absolute Gasteiger partial charge is 0.341 e. The average Bonchev–Trinajstić information content (AvgIpc) is 3.26. The minimum atomic E-state index is -0.286. The molecule has 5 heteroatoms. The molecule has 1 amide bonds. The highest BCUT2D eigenvalue weighted by atomic mass is 32.1. The third-order valence-corrected chi connectivity index (χ3v) is 7.10. The van der Waals surface area contributed by atoms with Crippen LogP contribution in [-0.4, -0.2) is 18.5 Å². The van der Waals surface area contributed by atoms with E-state index in [4.69, 9.17) is 4.74 Å². The number of hydrogen-bond donors (Lipinski definition) is 1. The Morgan fingerprint density at radius 1 is 1.15 bits per heavy atom. The van der Waals surface area contributed by atoms with Gasteiger partial charge in [0.1, 0.15) is 5.00 Å². The molecule has 1 unspecified atom stereocenters. The summed E-state index contributed by atoms with van der Waals surface area (Å²) >= 11 is 1.59. The molecule has 0 aromatic carbocycles. The highest BCUT2D eigenvalue weighted by molar-refractivity contribution is 7.17. The zero-order valence-corrected chi connectivity index (χ0v) is 16.9. The second kappa shape index (κ2) is 9.03. The third kappa shape index (κ3) is 4.48. The maximum absolute atomic E-state index is 12.5. The maximum atomic E-state index is 12.5. The molecule has 3 rings (SSSR count). The van der Waals surface area contributed by atoms with Gasteiger partial charge in [0, 0.05) is 11.3 Å². The van der Waals surface area contributed by atoms with Crippen molar-refractivity contribution in [1.29, 1.82) is 0 Å². The molecule has 0 bridgehead atoms. The van der Waals surface area contributed by atoms with Gasteiger partial charge >= 0.3 is 5.97 Å². The first-order valence-corrected chi connectivity index (χ1v) is 11.1. The molecule has 4 nitrogen and oxygen atoms in total. The first-order valence-electron chi connectivity index (χ1n) is 10.2. The fraction of sp³-hybridized carbons (Fsp3) is 0.714. The minimum Gasteiger partial charge on any atom is -0.462 e. The summed E-state index contributed by atoms with van der Waals surface area (Å²) in [6.45, 7) is 4.40. The fourth-order valence-electron chi connectivity index (χ4n) is 4.33. The van der Waals surface area contributed by atoms with E-state index in [0.717, 1.165) is 37.7 Å². The van der Waals surface area contributed by atoms with Gasteiger partial charge in [-0.2, -0.15) is 0 Å². The molecule has 0 spiro atoms. The zero-order chi connectivity index (χ0) is 18.5. The van der Waals surface area contributed by atoms with E-state index in [-0.39, 0.29) is 11.9 Å². The van der Waals surface area contributed by atoms with Gasteiger partial charge < -0.3 is 10.1 Å². The van der Waals surface area contributed by atoms with Gasteiger partial charge in [0.25, 0.3) is 0 Å². The first-order chi connectivity index (χ1) is 12.6. The fourth-order valence-corrected chi connectivity index (χ4v) is 5.70. The predicted molar refractivity (Wildman–Crippen MR) is 106 cm³/mol. The molecule has 1 N–H and O–H groups in total. The van der Waals surface area contributed by atoms with Gasteiger partial charge in [0.15, 0.2) is 0 Å². The normalized spacial score (nSPS) is 20.0. The van der Waals surface area contributed by atoms with Gasteiger partial charge in [-0.3, -0.25) is 4.79 Å². The molecule has 1 aromatic rings. The molecule has 1 saturated carbocycles. The summed E-state index contributed by atoms with van der Waals surface area (Å²) in [7, 11) is 0. The molecule has 1 fully saturated rings. The molecular formula is C21H31NO3S. The number of carbonyl (C=O) groups excluding carboxylic acids is 2. The van der Waals surface area contributed by atoms with E-state index in [1.54, 1.807) is 11.3 Å². The van der Waals surface area contributed by atoms with Crippen molar-refractivity contribution in [2.24, 2.45) is 11.8 Å². The monoisotopic (exact) mass is 377 g/mol. The van der Waals surface area contributed by atoms with Crippen molar-refractivity contribution in [2.45, 2.75) is 78.1 Å². The second-order valence-corrected chi connectivity index (χ2v) is 8.79. The summed E-state index contributed by atoms with van der Waals surface area (Å²) in [6.07, 6.45) is 10.8. The van der Waals surface area contributed by atoms with Gasteiger partial charge in [0.05, 0.1) is 12.2 Å². The lowest BCUT2D eigenvalue weighted by molar-refractivity contribution is -0.116. The molecule has 144 valence electrons. The Kier molecular flexibility index (Phi) is 6.74. The predicted octanol–water partition coefficient (Wildman–Crippen LogP) is 5.35. The van der Waals surface area contributed by atoms with Crippen molar-refractivity contribution in [3.05, 3.63) is 16.0 Å². The van der Waals surface area contributed by atoms with Gasteiger partial charge in [0.2, 0.25) is 5.91 Å². The Bertz CT molecular complexity index is 646. The molecule has 26 heavy (non-hydrogen) atoms. The van der Waals surface area contributed by atoms with Crippen LogP contribution in [0.5, 0.6) is 0 Å². The maximum Gasteiger partial charge on any atom is 0.341 e. The minimum absolute atomic E-state index is 0.0353. The third-order valence-electron chi connectivity index (χ3n) is 5.93. The lowest BCUT2D eigenvalue weighted by atomic mass is 9.85. The van der Waals surface area contributed by atoms with E-state index in [0.29, 0.717) is 35.4 Å². The van der Waals surface area contributed by atoms with Crippen molar-refractivity contribution in [1.82, 2.24) is 0 Å². The Hall–Kier alpha value is -1.36. The summed E-state index contributed by atoms with van der Waals surface area (Å²) in [6, 6.07) is 0. The van der Waals surface area contributed by atoms with Crippen LogP contribution in [0.25, 0.3) is 0 Å². The van der Waals surface area contributed by atoms with Crippen LogP contribution < -0.4 is 5.32 Å². The summed E-state index contributed by atoms with van der Waals surface area (Å²) in [4.78, 5) is 26.3. The summed E-state index contributed by atoms with van der Waals surface area (Å²) in [5, 5.41) is 3.75. The van der Waals surface area contributed by atoms with E-state index in [9.17, 15) is 9.59 Å². The van der Waals surface area contributed by atoms with E-state index in [1.165, 1.54) is 30.6 Å². The van der Waals surface area contributed by atoms with E-state index in [1.807, 2.05) is 6.92 Å². The van der Waals surface area contributed by atoms with E-state index in [2.05, 4.69) is 12.2 Å². The van der Waals surface area contributed by atoms with Crippen LogP contribution in [0.1, 0.15) is 86.0 Å². The van der Waals surface area contributed by atoms with Crippen molar-refractivity contribution in [3.8, 4) is 0 Å². The summed E-state index contributed by atoms with van der Waals surface area (Å²) in [5.41, 5.74) is 1.74. The average molecular weight is 378 g/mol. The standard InChI is InChI=1S/C21H31NO3S/c1-3-14-9-11-16-17(13-14)26-20(19(16)21(24)25-4-2)22-18(23)12-10-15-7-5-6-8-15/h14-15H,3-13H2,1-2H3,(H,22,23). The van der Waals surface area contributed by atoms with Crippen LogP contribution in [0, 0.1) is 11.8 Å². The Morgan fingerprint density at radius 3 is 2.62 bits per heavy atom. The van der Waals surface area contributed by atoms with Gasteiger partial charge in [-0.15, -0.1) is 11.3 Å². The van der Waals surface area contributed by atoms with Crippen LogP contribution in [0.4, 0.5) is 5.00 Å². The quantitative estimate of drug-likeness (QED) is 0.652. The molecule has 1 aromatic heterocycles. The molecule has 2 aliphatic carbocycles. The summed E-state index contributed by atoms with van der Waals surface area (Å²) < 4.78 is 5.29. The number of anilines is 1. The van der Waals surface area contributed by atoms with Crippen LogP contribution in [-0.2, 0) is 22.4 Å².